The smallest absolute Gasteiger partial charge is 0.251 e. The number of hydrogen-bond acceptors (Lipinski definition) is 7. The van der Waals surface area contributed by atoms with Crippen LogP contribution in [0.1, 0.15) is 51.0 Å². The molecular formula is C28H34ClN7O2. The van der Waals surface area contributed by atoms with E-state index in [-0.39, 0.29) is 23.8 Å². The van der Waals surface area contributed by atoms with Crippen LogP contribution < -0.4 is 10.2 Å². The zero-order chi connectivity index (χ0) is 26.8. The van der Waals surface area contributed by atoms with Crippen LogP contribution in [0.3, 0.4) is 0 Å². The maximum absolute atomic E-state index is 13.8. The SMILES string of the molecule is CC(C)NC[C@@H](C(=O)N1CCN(c2c(-c3nnc(C(C)C)o3)cnc3[nH]ccc23)CC1)c1ccc(Cl)cc1. The zero-order valence-corrected chi connectivity index (χ0v) is 23.0. The van der Waals surface area contributed by atoms with Crippen LogP contribution in [-0.2, 0) is 4.79 Å². The van der Waals surface area contributed by atoms with Crippen molar-refractivity contribution in [3.05, 3.63) is 59.2 Å². The van der Waals surface area contributed by atoms with Crippen LogP contribution in [0.2, 0.25) is 5.02 Å². The van der Waals surface area contributed by atoms with E-state index in [0.717, 1.165) is 27.8 Å². The highest BCUT2D eigenvalue weighted by molar-refractivity contribution is 6.30. The number of hydrogen-bond donors (Lipinski definition) is 2. The van der Waals surface area contributed by atoms with Crippen molar-refractivity contribution in [2.75, 3.05) is 37.6 Å². The number of carbonyl (C=O) groups excluding carboxylic acids is 1. The van der Waals surface area contributed by atoms with Crippen molar-refractivity contribution in [3.63, 3.8) is 0 Å². The van der Waals surface area contributed by atoms with E-state index < -0.39 is 0 Å². The number of nitrogens with one attached hydrogen (secondary N) is 2. The lowest BCUT2D eigenvalue weighted by molar-refractivity contribution is -0.133. The first kappa shape index (κ1) is 26.2. The Hall–Kier alpha value is -3.43. The topological polar surface area (TPSA) is 103 Å². The van der Waals surface area contributed by atoms with Gasteiger partial charge in [0.25, 0.3) is 5.89 Å². The highest BCUT2D eigenvalue weighted by Crippen LogP contribution is 2.37. The number of H-pyrrole nitrogens is 1. The summed E-state index contributed by atoms with van der Waals surface area (Å²) in [4.78, 5) is 25.8. The highest BCUT2D eigenvalue weighted by Gasteiger charge is 2.31. The first-order valence-corrected chi connectivity index (χ1v) is 13.5. The minimum absolute atomic E-state index is 0.125. The fraction of sp³-hybridized carbons (Fsp3) is 0.429. The summed E-state index contributed by atoms with van der Waals surface area (Å²) in [6, 6.07) is 9.89. The summed E-state index contributed by atoms with van der Waals surface area (Å²) in [5.74, 6) is 1.04. The molecule has 1 saturated heterocycles. The molecule has 5 rings (SSSR count). The molecule has 1 aliphatic heterocycles. The Morgan fingerprint density at radius 3 is 2.47 bits per heavy atom. The van der Waals surface area contributed by atoms with Crippen molar-refractivity contribution in [2.45, 2.75) is 45.6 Å². The number of nitrogens with zero attached hydrogens (tertiary/aromatic N) is 5. The molecule has 38 heavy (non-hydrogen) atoms. The zero-order valence-electron chi connectivity index (χ0n) is 22.2. The molecule has 3 aromatic heterocycles. The largest absolute Gasteiger partial charge is 0.420 e. The van der Waals surface area contributed by atoms with Crippen LogP contribution in [0.15, 0.2) is 47.1 Å². The maximum Gasteiger partial charge on any atom is 0.251 e. The second kappa shape index (κ2) is 11.1. The van der Waals surface area contributed by atoms with Crippen LogP contribution in [-0.4, -0.2) is 69.7 Å². The molecule has 2 N–H and O–H groups in total. The van der Waals surface area contributed by atoms with Crippen molar-refractivity contribution in [2.24, 2.45) is 0 Å². The van der Waals surface area contributed by atoms with E-state index in [1.54, 1.807) is 6.20 Å². The Balaban J connectivity index is 1.38. The summed E-state index contributed by atoms with van der Waals surface area (Å²) in [6.45, 7) is 11.4. The first-order valence-electron chi connectivity index (χ1n) is 13.1. The van der Waals surface area contributed by atoms with Gasteiger partial charge in [-0.15, -0.1) is 10.2 Å². The van der Waals surface area contributed by atoms with E-state index in [1.165, 1.54) is 0 Å². The van der Waals surface area contributed by atoms with Gasteiger partial charge in [0, 0.05) is 67.5 Å². The number of fused-ring (bicyclic) bond motifs is 1. The number of piperazine rings is 1. The predicted molar refractivity (Wildman–Crippen MR) is 150 cm³/mol. The van der Waals surface area contributed by atoms with Crippen LogP contribution in [0.25, 0.3) is 22.5 Å². The Bertz CT molecular complexity index is 1390. The number of carbonyl (C=O) groups is 1. The number of aromatic nitrogens is 4. The lowest BCUT2D eigenvalue weighted by atomic mass is 9.96. The van der Waals surface area contributed by atoms with Crippen LogP contribution in [0.5, 0.6) is 0 Å². The van der Waals surface area contributed by atoms with Crippen LogP contribution in [0.4, 0.5) is 5.69 Å². The molecule has 9 nitrogen and oxygen atoms in total. The molecule has 4 heterocycles. The van der Waals surface area contributed by atoms with Gasteiger partial charge in [0.2, 0.25) is 11.8 Å². The maximum atomic E-state index is 13.8. The van der Waals surface area contributed by atoms with Crippen molar-refractivity contribution < 1.29 is 9.21 Å². The molecule has 0 aliphatic carbocycles. The van der Waals surface area contributed by atoms with E-state index in [1.807, 2.05) is 55.3 Å². The molecule has 1 amide bonds. The Kier molecular flexibility index (Phi) is 7.67. The number of aromatic amines is 1. The van der Waals surface area contributed by atoms with Gasteiger partial charge >= 0.3 is 0 Å². The highest BCUT2D eigenvalue weighted by atomic mass is 35.5. The fourth-order valence-electron chi connectivity index (χ4n) is 4.83. The lowest BCUT2D eigenvalue weighted by Crippen LogP contribution is -2.51. The van der Waals surface area contributed by atoms with Crippen LogP contribution in [0, 0.1) is 0 Å². The van der Waals surface area contributed by atoms with Gasteiger partial charge in [0.15, 0.2) is 0 Å². The summed E-state index contributed by atoms with van der Waals surface area (Å²) in [5.41, 5.74) is 3.57. The number of anilines is 1. The van der Waals surface area contributed by atoms with Crippen molar-refractivity contribution in [1.82, 2.24) is 30.4 Å². The molecule has 0 spiro atoms. The molecule has 0 unspecified atom stereocenters. The average Bonchev–Trinajstić information content (AvgIpc) is 3.59. The van der Waals surface area contributed by atoms with E-state index in [0.29, 0.717) is 49.5 Å². The van der Waals surface area contributed by atoms with Crippen molar-refractivity contribution in [3.8, 4) is 11.5 Å². The minimum Gasteiger partial charge on any atom is -0.420 e. The molecule has 10 heteroatoms. The fourth-order valence-corrected chi connectivity index (χ4v) is 4.96. The summed E-state index contributed by atoms with van der Waals surface area (Å²) in [5, 5.41) is 13.6. The van der Waals surface area contributed by atoms with Gasteiger partial charge in [-0.1, -0.05) is 51.4 Å². The summed E-state index contributed by atoms with van der Waals surface area (Å²) in [6.07, 6.45) is 3.67. The molecular weight excluding hydrogens is 502 g/mol. The molecule has 4 aromatic rings. The third kappa shape index (κ3) is 5.39. The van der Waals surface area contributed by atoms with Gasteiger partial charge in [-0.3, -0.25) is 4.79 Å². The van der Waals surface area contributed by atoms with E-state index in [4.69, 9.17) is 16.0 Å². The van der Waals surface area contributed by atoms with E-state index in [9.17, 15) is 4.79 Å². The predicted octanol–water partition coefficient (Wildman–Crippen LogP) is 4.82. The molecule has 200 valence electrons. The van der Waals surface area contributed by atoms with Gasteiger partial charge in [0.05, 0.1) is 17.2 Å². The van der Waals surface area contributed by atoms with E-state index >= 15 is 0 Å². The van der Waals surface area contributed by atoms with Gasteiger partial charge in [-0.25, -0.2) is 4.98 Å². The molecule has 1 aromatic carbocycles. The second-order valence-corrected chi connectivity index (χ2v) is 10.8. The normalized spacial score (nSPS) is 15.1. The molecule has 0 bridgehead atoms. The number of pyridine rings is 1. The molecule has 1 fully saturated rings. The third-order valence-electron chi connectivity index (χ3n) is 6.93. The first-order chi connectivity index (χ1) is 18.3. The second-order valence-electron chi connectivity index (χ2n) is 10.3. The van der Waals surface area contributed by atoms with Gasteiger partial charge in [0.1, 0.15) is 5.65 Å². The molecule has 1 atom stereocenters. The lowest BCUT2D eigenvalue weighted by Gasteiger charge is -2.38. The van der Waals surface area contributed by atoms with Crippen molar-refractivity contribution >= 4 is 34.2 Å². The Labute approximate surface area is 227 Å². The van der Waals surface area contributed by atoms with Crippen LogP contribution >= 0.6 is 11.6 Å². The number of halogens is 1. The molecule has 1 aliphatic rings. The summed E-state index contributed by atoms with van der Waals surface area (Å²) in [7, 11) is 0. The van der Waals surface area contributed by atoms with Gasteiger partial charge in [-0.2, -0.15) is 0 Å². The quantitative estimate of drug-likeness (QED) is 0.333. The summed E-state index contributed by atoms with van der Waals surface area (Å²) < 4.78 is 6.00. The summed E-state index contributed by atoms with van der Waals surface area (Å²) >= 11 is 6.12. The Morgan fingerprint density at radius 1 is 1.08 bits per heavy atom. The monoisotopic (exact) mass is 535 g/mol. The Morgan fingerprint density at radius 2 is 1.82 bits per heavy atom. The standard InChI is InChI=1S/C28H34ClN7O2/c1-17(2)26-33-34-27(38-26)23-16-32-25-21(9-10-30-25)24(23)35-11-13-36(14-12-35)28(37)22(15-31-18(3)4)19-5-7-20(29)8-6-19/h5-10,16-18,22,31H,11-15H2,1-4H3,(H,30,32)/t22-/m1/s1. The van der Waals surface area contributed by atoms with Gasteiger partial charge in [-0.05, 0) is 23.8 Å². The number of amides is 1. The minimum atomic E-state index is -0.276. The van der Waals surface area contributed by atoms with E-state index in [2.05, 4.69) is 44.2 Å². The van der Waals surface area contributed by atoms with Gasteiger partial charge < -0.3 is 24.5 Å². The third-order valence-corrected chi connectivity index (χ3v) is 7.18. The van der Waals surface area contributed by atoms with Crippen molar-refractivity contribution in [1.29, 1.82) is 0 Å². The molecule has 0 radical (unpaired) electrons. The molecule has 0 saturated carbocycles. The average molecular weight is 536 g/mol. The number of benzene rings is 1. The number of rotatable bonds is 8.